The van der Waals surface area contributed by atoms with Crippen molar-refractivity contribution in [1.82, 2.24) is 9.38 Å². The molecule has 0 saturated heterocycles. The molecule has 52 heavy (non-hydrogen) atoms. The molecule has 8 aromatic carbocycles. The Kier molecular flexibility index (Phi) is 5.50. The molecule has 0 aliphatic carbocycles. The van der Waals surface area contributed by atoms with Gasteiger partial charge in [0.1, 0.15) is 11.2 Å². The summed E-state index contributed by atoms with van der Waals surface area (Å²) in [5.74, 6) is 0. The molecule has 4 aromatic heterocycles. The number of fused-ring (bicyclic) bond motifs is 13. The molecule has 0 amide bonds. The maximum absolute atomic E-state index is 6.39. The molecule has 0 saturated carbocycles. The Morgan fingerprint density at radius 2 is 0.962 bits per heavy atom. The number of pyridine rings is 1. The molecule has 3 nitrogen and oxygen atoms in total. The summed E-state index contributed by atoms with van der Waals surface area (Å²) in [6.45, 7) is 0. The van der Waals surface area contributed by atoms with E-state index in [-0.39, 0.29) is 0 Å². The molecule has 0 unspecified atom stereocenters. The lowest BCUT2D eigenvalue weighted by Gasteiger charge is -2.13. The molecule has 0 aliphatic rings. The van der Waals surface area contributed by atoms with Gasteiger partial charge in [0.25, 0.3) is 0 Å². The van der Waals surface area contributed by atoms with Crippen molar-refractivity contribution < 1.29 is 4.42 Å². The van der Waals surface area contributed by atoms with Gasteiger partial charge in [0, 0.05) is 54.0 Å². The first-order valence-corrected chi connectivity index (χ1v) is 17.8. The smallest absolute Gasteiger partial charge is 0.136 e. The fraction of sp³-hybridized carbons (Fsp3) is 0. The van der Waals surface area contributed by atoms with E-state index >= 15 is 0 Å². The van der Waals surface area contributed by atoms with Gasteiger partial charge in [-0.15, -0.1) is 0 Å². The molecule has 4 heterocycles. The Balaban J connectivity index is 1.05. The first-order valence-electron chi connectivity index (χ1n) is 17.8. The van der Waals surface area contributed by atoms with E-state index in [0.29, 0.717) is 0 Å². The van der Waals surface area contributed by atoms with E-state index < -0.39 is 0 Å². The number of para-hydroxylation sites is 3. The minimum Gasteiger partial charge on any atom is -0.456 e. The number of furan rings is 1. The Bertz CT molecular complexity index is 3300. The molecule has 0 spiro atoms. The Hall–Kier alpha value is -6.97. The second-order valence-corrected chi connectivity index (χ2v) is 13.9. The van der Waals surface area contributed by atoms with Crippen molar-refractivity contribution in [3.63, 3.8) is 0 Å². The van der Waals surface area contributed by atoms with E-state index in [0.717, 1.165) is 55.0 Å². The molecule has 0 atom stereocenters. The van der Waals surface area contributed by atoms with Crippen LogP contribution in [-0.4, -0.2) is 9.38 Å². The average Bonchev–Trinajstić information content (AvgIpc) is 3.87. The topological polar surface area (TPSA) is 30.4 Å². The molecule has 12 aromatic rings. The largest absolute Gasteiger partial charge is 0.456 e. The molecule has 0 radical (unpaired) electrons. The first-order chi connectivity index (χ1) is 25.8. The third-order valence-corrected chi connectivity index (χ3v) is 11.1. The third-order valence-electron chi connectivity index (χ3n) is 11.1. The lowest BCUT2D eigenvalue weighted by molar-refractivity contribution is 0.669. The van der Waals surface area contributed by atoms with Gasteiger partial charge in [0.2, 0.25) is 0 Å². The van der Waals surface area contributed by atoms with Crippen LogP contribution in [0.2, 0.25) is 0 Å². The standard InChI is InChI=1S/C49H28N2O/c1-2-10-31(11-3-1)48-37-23-25-45-47(36-14-6-9-17-44(36)52-45)46(37)40-26-32(22-24-41(40)50-48)29-18-20-30(21-19-29)33-27-38-34-12-4-7-15-42(34)51-43-16-8-5-13-35(43)39(28-33)49(38)51/h1-28H. The molecule has 3 heteroatoms. The molecular formula is C49H28N2O. The van der Waals surface area contributed by atoms with Crippen molar-refractivity contribution in [2.45, 2.75) is 0 Å². The quantitative estimate of drug-likeness (QED) is 0.177. The molecule has 12 rings (SSSR count). The van der Waals surface area contributed by atoms with Crippen LogP contribution in [-0.2, 0) is 0 Å². The first kappa shape index (κ1) is 27.8. The van der Waals surface area contributed by atoms with Crippen molar-refractivity contribution in [2.24, 2.45) is 0 Å². The molecule has 0 N–H and O–H groups in total. The highest BCUT2D eigenvalue weighted by atomic mass is 16.3. The summed E-state index contributed by atoms with van der Waals surface area (Å²) >= 11 is 0. The van der Waals surface area contributed by atoms with Crippen molar-refractivity contribution in [3.05, 3.63) is 170 Å². The Morgan fingerprint density at radius 3 is 1.69 bits per heavy atom. The normalized spacial score (nSPS) is 12.2. The Labute approximate surface area is 297 Å². The predicted octanol–water partition coefficient (Wildman–Crippen LogP) is 13.4. The lowest BCUT2D eigenvalue weighted by atomic mass is 9.93. The highest BCUT2D eigenvalue weighted by molar-refractivity contribution is 6.28. The number of hydrogen-bond acceptors (Lipinski definition) is 2. The molecular weight excluding hydrogens is 633 g/mol. The maximum atomic E-state index is 6.39. The summed E-state index contributed by atoms with van der Waals surface area (Å²) in [5.41, 5.74) is 13.4. The second kappa shape index (κ2) is 10.3. The van der Waals surface area contributed by atoms with Crippen molar-refractivity contribution in [1.29, 1.82) is 0 Å². The van der Waals surface area contributed by atoms with Gasteiger partial charge in [0.15, 0.2) is 0 Å². The SMILES string of the molecule is c1ccc(-c2nc3ccc(-c4ccc(-c5cc6c7ccccc7n7c8ccccc8c(c5)c67)cc4)cc3c3c2ccc2oc4ccccc4c23)cc1. The molecule has 0 fully saturated rings. The van der Waals surface area contributed by atoms with Crippen LogP contribution in [0.25, 0.3) is 115 Å². The summed E-state index contributed by atoms with van der Waals surface area (Å²) in [6, 6.07) is 61.1. The van der Waals surface area contributed by atoms with Crippen molar-refractivity contribution in [3.8, 4) is 33.5 Å². The predicted molar refractivity (Wildman–Crippen MR) is 217 cm³/mol. The van der Waals surface area contributed by atoms with Crippen LogP contribution in [0.15, 0.2) is 174 Å². The van der Waals surface area contributed by atoms with E-state index in [2.05, 4.69) is 168 Å². The summed E-state index contributed by atoms with van der Waals surface area (Å²) < 4.78 is 8.82. The monoisotopic (exact) mass is 660 g/mol. The summed E-state index contributed by atoms with van der Waals surface area (Å²) in [4.78, 5) is 5.28. The van der Waals surface area contributed by atoms with Crippen LogP contribution in [0.3, 0.4) is 0 Å². The van der Waals surface area contributed by atoms with Gasteiger partial charge >= 0.3 is 0 Å². The lowest BCUT2D eigenvalue weighted by Crippen LogP contribution is -1.91. The zero-order valence-corrected chi connectivity index (χ0v) is 28.0. The van der Waals surface area contributed by atoms with Gasteiger partial charge < -0.3 is 8.82 Å². The van der Waals surface area contributed by atoms with Gasteiger partial charge in [0.05, 0.1) is 27.8 Å². The second-order valence-electron chi connectivity index (χ2n) is 13.9. The van der Waals surface area contributed by atoms with E-state index in [9.17, 15) is 0 Å². The number of aromatic nitrogens is 2. The van der Waals surface area contributed by atoms with Crippen LogP contribution >= 0.6 is 0 Å². The van der Waals surface area contributed by atoms with E-state index in [1.807, 2.05) is 6.07 Å². The highest BCUT2D eigenvalue weighted by Gasteiger charge is 2.20. The molecule has 240 valence electrons. The minimum atomic E-state index is 0.890. The van der Waals surface area contributed by atoms with Gasteiger partial charge in [-0.2, -0.15) is 0 Å². The third kappa shape index (κ3) is 3.77. The van der Waals surface area contributed by atoms with Crippen molar-refractivity contribution >= 4 is 81.7 Å². The zero-order valence-electron chi connectivity index (χ0n) is 28.0. The Morgan fingerprint density at radius 1 is 0.365 bits per heavy atom. The minimum absolute atomic E-state index is 0.890. The number of rotatable bonds is 3. The number of hydrogen-bond donors (Lipinski definition) is 0. The van der Waals surface area contributed by atoms with Gasteiger partial charge in [-0.05, 0) is 76.9 Å². The van der Waals surface area contributed by atoms with Crippen molar-refractivity contribution in [2.75, 3.05) is 0 Å². The van der Waals surface area contributed by atoms with Crippen LogP contribution < -0.4 is 0 Å². The fourth-order valence-corrected chi connectivity index (χ4v) is 8.78. The van der Waals surface area contributed by atoms with E-state index in [1.165, 1.54) is 60.2 Å². The zero-order chi connectivity index (χ0) is 33.9. The highest BCUT2D eigenvalue weighted by Crippen LogP contribution is 2.44. The van der Waals surface area contributed by atoms with Gasteiger partial charge in [-0.1, -0.05) is 115 Å². The summed E-state index contributed by atoms with van der Waals surface area (Å²) in [5, 5.41) is 10.9. The van der Waals surface area contributed by atoms with Gasteiger partial charge in [-0.3, -0.25) is 0 Å². The molecule has 0 bridgehead atoms. The maximum Gasteiger partial charge on any atom is 0.136 e. The fourth-order valence-electron chi connectivity index (χ4n) is 8.78. The molecule has 0 aliphatic heterocycles. The average molecular weight is 661 g/mol. The summed E-state index contributed by atoms with van der Waals surface area (Å²) in [6.07, 6.45) is 0. The van der Waals surface area contributed by atoms with E-state index in [1.54, 1.807) is 0 Å². The summed E-state index contributed by atoms with van der Waals surface area (Å²) in [7, 11) is 0. The number of benzene rings is 8. The van der Waals surface area contributed by atoms with Crippen LogP contribution in [0, 0.1) is 0 Å². The number of nitrogens with zero attached hydrogens (tertiary/aromatic N) is 2. The van der Waals surface area contributed by atoms with Crippen LogP contribution in [0.4, 0.5) is 0 Å². The van der Waals surface area contributed by atoms with Crippen LogP contribution in [0.5, 0.6) is 0 Å². The van der Waals surface area contributed by atoms with Gasteiger partial charge in [-0.25, -0.2) is 4.98 Å². The van der Waals surface area contributed by atoms with Crippen LogP contribution in [0.1, 0.15) is 0 Å². The van der Waals surface area contributed by atoms with E-state index in [4.69, 9.17) is 9.40 Å².